The highest BCUT2D eigenvalue weighted by atomic mass is 16.5. The van der Waals surface area contributed by atoms with E-state index in [2.05, 4.69) is 15.5 Å². The number of rotatable bonds is 7. The van der Waals surface area contributed by atoms with Crippen molar-refractivity contribution in [2.24, 2.45) is 11.8 Å². The number of aryl methyl sites for hydroxylation is 1. The van der Waals surface area contributed by atoms with Crippen molar-refractivity contribution >= 4 is 23.4 Å². The van der Waals surface area contributed by atoms with Gasteiger partial charge in [0.2, 0.25) is 17.7 Å². The fraction of sp³-hybridized carbons (Fsp3) is 0.621. The highest BCUT2D eigenvalue weighted by molar-refractivity contribution is 6.02. The minimum Gasteiger partial charge on any atom is -0.379 e. The number of anilines is 1. The molecule has 4 heterocycles. The largest absolute Gasteiger partial charge is 0.379 e. The Kier molecular flexibility index (Phi) is 7.01. The molecule has 0 radical (unpaired) electrons. The number of hydrogen-bond donors (Lipinski definition) is 2. The van der Waals surface area contributed by atoms with Crippen LogP contribution in [0, 0.1) is 18.8 Å². The number of ether oxygens (including phenoxy) is 2. The van der Waals surface area contributed by atoms with E-state index in [0.717, 1.165) is 44.3 Å². The van der Waals surface area contributed by atoms with Gasteiger partial charge in [0.05, 0.1) is 31.2 Å². The lowest BCUT2D eigenvalue weighted by molar-refractivity contribution is -0.141. The molecular formula is C29H38N4O5. The first-order chi connectivity index (χ1) is 18.5. The van der Waals surface area contributed by atoms with E-state index in [1.165, 1.54) is 6.42 Å². The van der Waals surface area contributed by atoms with Gasteiger partial charge < -0.3 is 25.0 Å². The smallest absolute Gasteiger partial charge is 0.246 e. The average molecular weight is 523 g/mol. The van der Waals surface area contributed by atoms with E-state index >= 15 is 0 Å². The molecule has 204 valence electrons. The molecule has 0 unspecified atom stereocenters. The molecule has 4 aliphatic heterocycles. The third-order valence-corrected chi connectivity index (χ3v) is 8.96. The average Bonchev–Trinajstić information content (AvgIpc) is 3.57. The second-order valence-electron chi connectivity index (χ2n) is 11.4. The highest BCUT2D eigenvalue weighted by Crippen LogP contribution is 2.55. The first-order valence-electron chi connectivity index (χ1n) is 14.1. The van der Waals surface area contributed by atoms with Crippen molar-refractivity contribution in [2.75, 3.05) is 44.7 Å². The van der Waals surface area contributed by atoms with Gasteiger partial charge in [-0.25, -0.2) is 0 Å². The molecule has 1 aromatic carbocycles. The molecule has 3 saturated heterocycles. The lowest BCUT2D eigenvalue weighted by Gasteiger charge is -2.35. The van der Waals surface area contributed by atoms with Gasteiger partial charge in [0.15, 0.2) is 0 Å². The number of nitrogens with zero attached hydrogens (tertiary/aromatic N) is 2. The predicted octanol–water partition coefficient (Wildman–Crippen LogP) is 1.87. The Bertz CT molecular complexity index is 1090. The maximum atomic E-state index is 14.1. The van der Waals surface area contributed by atoms with Crippen LogP contribution in [0.2, 0.25) is 0 Å². The van der Waals surface area contributed by atoms with E-state index in [4.69, 9.17) is 9.47 Å². The Morgan fingerprint density at radius 1 is 1.03 bits per heavy atom. The van der Waals surface area contributed by atoms with Crippen LogP contribution in [0.5, 0.6) is 0 Å². The van der Waals surface area contributed by atoms with Crippen LogP contribution in [0.4, 0.5) is 5.69 Å². The topological polar surface area (TPSA) is 100 Å². The third kappa shape index (κ3) is 4.54. The summed E-state index contributed by atoms with van der Waals surface area (Å²) in [6, 6.07) is 6.92. The lowest BCUT2D eigenvalue weighted by atomic mass is 9.74. The lowest BCUT2D eigenvalue weighted by Crippen LogP contribution is -2.57. The minimum atomic E-state index is -1.12. The Labute approximate surface area is 223 Å². The number of amides is 3. The molecule has 1 spiro atoms. The van der Waals surface area contributed by atoms with Gasteiger partial charge in [-0.05, 0) is 31.9 Å². The summed E-state index contributed by atoms with van der Waals surface area (Å²) in [6.07, 6.45) is 8.53. The Balaban J connectivity index is 1.26. The number of hydrogen-bond acceptors (Lipinski definition) is 6. The molecule has 0 aromatic heterocycles. The SMILES string of the molecule is Cc1ccc(NC(=O)[C@H]2[C@H]3C=C[C@]4(O3)[C@H](C(=O)NC3CCCCC3)N(CCN3CCOCC3)C(=O)[C@@H]24)cc1. The molecule has 2 N–H and O–H groups in total. The van der Waals surface area contributed by atoms with Crippen LogP contribution >= 0.6 is 0 Å². The maximum Gasteiger partial charge on any atom is 0.246 e. The normalized spacial score (nSPS) is 33.0. The standard InChI is InChI=1S/C29H38N4O5/c1-19-7-9-21(10-8-19)30-26(34)23-22-11-12-29(38-22)24(23)28(36)33(14-13-32-15-17-37-18-16-32)25(29)27(35)31-20-5-3-2-4-6-20/h7-12,20,22-25H,2-6,13-18H2,1H3,(H,30,34)(H,31,35)/t22-,23+,24-,25+,29-/m1/s1. The maximum absolute atomic E-state index is 14.1. The molecular weight excluding hydrogens is 484 g/mol. The molecule has 1 saturated carbocycles. The van der Waals surface area contributed by atoms with Crippen LogP contribution in [0.1, 0.15) is 37.7 Å². The van der Waals surface area contributed by atoms with Crippen LogP contribution < -0.4 is 10.6 Å². The van der Waals surface area contributed by atoms with Gasteiger partial charge in [-0.1, -0.05) is 49.1 Å². The third-order valence-electron chi connectivity index (χ3n) is 8.96. The molecule has 5 aliphatic rings. The van der Waals surface area contributed by atoms with Crippen LogP contribution in [0.3, 0.4) is 0 Å². The molecule has 38 heavy (non-hydrogen) atoms. The van der Waals surface area contributed by atoms with Crippen molar-refractivity contribution < 1.29 is 23.9 Å². The van der Waals surface area contributed by atoms with Crippen molar-refractivity contribution in [2.45, 2.75) is 62.8 Å². The zero-order valence-corrected chi connectivity index (χ0v) is 22.1. The van der Waals surface area contributed by atoms with E-state index in [1.54, 1.807) is 4.90 Å². The monoisotopic (exact) mass is 522 g/mol. The molecule has 6 rings (SSSR count). The van der Waals surface area contributed by atoms with Gasteiger partial charge in [0, 0.05) is 37.9 Å². The first-order valence-corrected chi connectivity index (χ1v) is 14.1. The summed E-state index contributed by atoms with van der Waals surface area (Å²) >= 11 is 0. The van der Waals surface area contributed by atoms with Crippen LogP contribution in [-0.4, -0.2) is 90.7 Å². The van der Waals surface area contributed by atoms with Gasteiger partial charge in [-0.3, -0.25) is 19.3 Å². The van der Waals surface area contributed by atoms with Crippen molar-refractivity contribution in [3.8, 4) is 0 Å². The molecule has 1 aliphatic carbocycles. The summed E-state index contributed by atoms with van der Waals surface area (Å²) in [6.45, 7) is 5.99. The number of carbonyl (C=O) groups is 3. The summed E-state index contributed by atoms with van der Waals surface area (Å²) in [4.78, 5) is 45.5. The number of likely N-dealkylation sites (tertiary alicyclic amines) is 1. The summed E-state index contributed by atoms with van der Waals surface area (Å²) in [5.74, 6) is -2.00. The molecule has 1 aromatic rings. The highest BCUT2D eigenvalue weighted by Gasteiger charge is 2.72. The number of nitrogens with one attached hydrogen (secondary N) is 2. The number of fused-ring (bicyclic) bond motifs is 1. The number of carbonyl (C=O) groups excluding carboxylic acids is 3. The molecule has 4 fully saturated rings. The zero-order valence-electron chi connectivity index (χ0n) is 22.1. The Morgan fingerprint density at radius 3 is 2.50 bits per heavy atom. The van der Waals surface area contributed by atoms with Crippen LogP contribution in [0.25, 0.3) is 0 Å². The summed E-state index contributed by atoms with van der Waals surface area (Å²) in [7, 11) is 0. The predicted molar refractivity (Wildman–Crippen MR) is 141 cm³/mol. The van der Waals surface area contributed by atoms with E-state index in [0.29, 0.717) is 32.0 Å². The number of morpholine rings is 1. The van der Waals surface area contributed by atoms with Crippen molar-refractivity contribution in [3.05, 3.63) is 42.0 Å². The van der Waals surface area contributed by atoms with Crippen molar-refractivity contribution in [1.29, 1.82) is 0 Å². The number of benzene rings is 1. The van der Waals surface area contributed by atoms with Gasteiger partial charge >= 0.3 is 0 Å². The van der Waals surface area contributed by atoms with Gasteiger partial charge in [-0.15, -0.1) is 0 Å². The van der Waals surface area contributed by atoms with Crippen molar-refractivity contribution in [1.82, 2.24) is 15.1 Å². The van der Waals surface area contributed by atoms with Crippen LogP contribution in [-0.2, 0) is 23.9 Å². The molecule has 3 amide bonds. The van der Waals surface area contributed by atoms with Crippen LogP contribution in [0.15, 0.2) is 36.4 Å². The molecule has 2 bridgehead atoms. The van der Waals surface area contributed by atoms with Gasteiger partial charge in [-0.2, -0.15) is 0 Å². The van der Waals surface area contributed by atoms with E-state index in [1.807, 2.05) is 43.3 Å². The van der Waals surface area contributed by atoms with Crippen molar-refractivity contribution in [3.63, 3.8) is 0 Å². The summed E-state index contributed by atoms with van der Waals surface area (Å²) in [5, 5.41) is 6.24. The van der Waals surface area contributed by atoms with E-state index in [-0.39, 0.29) is 23.8 Å². The zero-order chi connectivity index (χ0) is 26.3. The fourth-order valence-electron chi connectivity index (χ4n) is 6.97. The van der Waals surface area contributed by atoms with E-state index in [9.17, 15) is 14.4 Å². The first kappa shape index (κ1) is 25.5. The minimum absolute atomic E-state index is 0.117. The quantitative estimate of drug-likeness (QED) is 0.531. The Morgan fingerprint density at radius 2 is 1.76 bits per heavy atom. The summed E-state index contributed by atoms with van der Waals surface area (Å²) in [5.41, 5.74) is 0.658. The molecule has 5 atom stereocenters. The fourth-order valence-corrected chi connectivity index (χ4v) is 6.97. The summed E-state index contributed by atoms with van der Waals surface area (Å²) < 4.78 is 11.9. The Hall–Kier alpha value is -2.75. The van der Waals surface area contributed by atoms with Gasteiger partial charge in [0.25, 0.3) is 0 Å². The molecule has 9 heteroatoms. The second kappa shape index (κ2) is 10.4. The van der Waals surface area contributed by atoms with Gasteiger partial charge in [0.1, 0.15) is 11.6 Å². The second-order valence-corrected chi connectivity index (χ2v) is 11.4. The van der Waals surface area contributed by atoms with E-state index < -0.39 is 29.6 Å². The molecule has 9 nitrogen and oxygen atoms in total.